The molecule has 1 aliphatic rings. The zero-order chi connectivity index (χ0) is 19.6. The molecule has 1 atom stereocenters. The van der Waals surface area contributed by atoms with Crippen molar-refractivity contribution in [3.8, 4) is 0 Å². The molecule has 1 fully saturated rings. The summed E-state index contributed by atoms with van der Waals surface area (Å²) in [6, 6.07) is 8.52. The Morgan fingerprint density at radius 3 is 2.67 bits per heavy atom. The van der Waals surface area contributed by atoms with Crippen LogP contribution in [0, 0.1) is 19.7 Å². The summed E-state index contributed by atoms with van der Waals surface area (Å²) in [6.45, 7) is 4.04. The van der Waals surface area contributed by atoms with Crippen molar-refractivity contribution in [3.05, 3.63) is 58.9 Å². The molecule has 2 aromatic carbocycles. The summed E-state index contributed by atoms with van der Waals surface area (Å²) in [5.74, 6) is -0.820. The van der Waals surface area contributed by atoms with Gasteiger partial charge in [-0.2, -0.15) is 0 Å². The minimum absolute atomic E-state index is 0.0531. The molecule has 1 saturated heterocycles. The number of hydrogen-bond acceptors (Lipinski definition) is 4. The fourth-order valence-corrected chi connectivity index (χ4v) is 4.51. The molecule has 8 heteroatoms. The minimum atomic E-state index is -3.78. The lowest BCUT2D eigenvalue weighted by Crippen LogP contribution is -2.35. The van der Waals surface area contributed by atoms with E-state index in [4.69, 9.17) is 4.74 Å². The Bertz CT molecular complexity index is 970. The first-order valence-electron chi connectivity index (χ1n) is 8.55. The lowest BCUT2D eigenvalue weighted by molar-refractivity contribution is 0.102. The molecule has 27 heavy (non-hydrogen) atoms. The highest BCUT2D eigenvalue weighted by molar-refractivity contribution is 7.89. The Labute approximate surface area is 157 Å². The normalized spacial score (nSPS) is 17.1. The van der Waals surface area contributed by atoms with Crippen molar-refractivity contribution < 1.29 is 22.3 Å². The van der Waals surface area contributed by atoms with Crippen LogP contribution >= 0.6 is 0 Å². The quantitative estimate of drug-likeness (QED) is 0.820. The van der Waals surface area contributed by atoms with E-state index in [9.17, 15) is 17.6 Å². The molecule has 0 radical (unpaired) electrons. The highest BCUT2D eigenvalue weighted by Crippen LogP contribution is 2.22. The van der Waals surface area contributed by atoms with Crippen molar-refractivity contribution in [2.75, 3.05) is 18.5 Å². The predicted molar refractivity (Wildman–Crippen MR) is 99.8 cm³/mol. The van der Waals surface area contributed by atoms with Gasteiger partial charge in [0, 0.05) is 23.9 Å². The van der Waals surface area contributed by atoms with Crippen molar-refractivity contribution in [2.24, 2.45) is 0 Å². The third-order valence-electron chi connectivity index (χ3n) is 4.49. The molecule has 1 amide bonds. The van der Waals surface area contributed by atoms with Gasteiger partial charge in [-0.15, -0.1) is 0 Å². The number of amides is 1. The Hall–Kier alpha value is -2.29. The van der Waals surface area contributed by atoms with Crippen molar-refractivity contribution in [1.29, 1.82) is 0 Å². The van der Waals surface area contributed by atoms with Gasteiger partial charge in [0.1, 0.15) is 5.82 Å². The second-order valence-electron chi connectivity index (χ2n) is 6.53. The van der Waals surface area contributed by atoms with Crippen molar-refractivity contribution >= 4 is 21.6 Å². The number of carbonyl (C=O) groups is 1. The number of sulfonamides is 1. The van der Waals surface area contributed by atoms with Crippen LogP contribution in [0.25, 0.3) is 0 Å². The molecule has 2 N–H and O–H groups in total. The molecule has 2 aromatic rings. The first kappa shape index (κ1) is 19.5. The largest absolute Gasteiger partial charge is 0.380 e. The molecule has 0 unspecified atom stereocenters. The molecule has 0 spiro atoms. The molecule has 0 saturated carbocycles. The Morgan fingerprint density at radius 1 is 1.22 bits per heavy atom. The zero-order valence-electron chi connectivity index (χ0n) is 15.1. The molecule has 0 aromatic heterocycles. The average molecular weight is 392 g/mol. The second kappa shape index (κ2) is 7.75. The Morgan fingerprint density at radius 2 is 2.00 bits per heavy atom. The number of nitrogens with one attached hydrogen (secondary N) is 2. The van der Waals surface area contributed by atoms with Gasteiger partial charge in [0.15, 0.2) is 0 Å². The lowest BCUT2D eigenvalue weighted by Gasteiger charge is -2.15. The molecule has 3 rings (SSSR count). The summed E-state index contributed by atoms with van der Waals surface area (Å²) in [7, 11) is -3.78. The van der Waals surface area contributed by atoms with Crippen LogP contribution in [0.3, 0.4) is 0 Å². The Kier molecular flexibility index (Phi) is 5.59. The first-order valence-corrected chi connectivity index (χ1v) is 10.0. The number of ether oxygens (including phenoxy) is 1. The third-order valence-corrected chi connectivity index (χ3v) is 6.15. The summed E-state index contributed by atoms with van der Waals surface area (Å²) in [4.78, 5) is 12.7. The van der Waals surface area contributed by atoms with Gasteiger partial charge in [0.2, 0.25) is 10.0 Å². The van der Waals surface area contributed by atoms with E-state index in [0.717, 1.165) is 0 Å². The molecule has 0 aliphatic carbocycles. The van der Waals surface area contributed by atoms with E-state index in [1.54, 1.807) is 19.9 Å². The molecule has 0 bridgehead atoms. The molecule has 1 aliphatic heterocycles. The molecule has 144 valence electrons. The van der Waals surface area contributed by atoms with Crippen molar-refractivity contribution in [2.45, 2.75) is 31.2 Å². The van der Waals surface area contributed by atoms with E-state index in [-0.39, 0.29) is 22.3 Å². The molecule has 6 nitrogen and oxygen atoms in total. The van der Waals surface area contributed by atoms with Gasteiger partial charge in [-0.05, 0) is 61.7 Å². The van der Waals surface area contributed by atoms with Gasteiger partial charge >= 0.3 is 0 Å². The fraction of sp³-hybridized carbons (Fsp3) is 0.316. The van der Waals surface area contributed by atoms with Crippen molar-refractivity contribution in [1.82, 2.24) is 4.72 Å². The maximum absolute atomic E-state index is 13.4. The van der Waals surface area contributed by atoms with Gasteiger partial charge in [0.25, 0.3) is 5.91 Å². The summed E-state index contributed by atoms with van der Waals surface area (Å²) >= 11 is 0. The number of aryl methyl sites for hydroxylation is 1. The number of benzene rings is 2. The van der Waals surface area contributed by atoms with E-state index in [1.807, 2.05) is 0 Å². The van der Waals surface area contributed by atoms with Gasteiger partial charge < -0.3 is 10.1 Å². The van der Waals surface area contributed by atoms with Crippen LogP contribution in [0.5, 0.6) is 0 Å². The molecule has 1 heterocycles. The topological polar surface area (TPSA) is 84.5 Å². The first-order chi connectivity index (χ1) is 12.8. The number of carbonyl (C=O) groups excluding carboxylic acids is 1. The monoisotopic (exact) mass is 392 g/mol. The van der Waals surface area contributed by atoms with Crippen LogP contribution in [0.4, 0.5) is 10.1 Å². The summed E-state index contributed by atoms with van der Waals surface area (Å²) in [6.07, 6.45) is 0.613. The van der Waals surface area contributed by atoms with E-state index in [0.29, 0.717) is 36.4 Å². The summed E-state index contributed by atoms with van der Waals surface area (Å²) < 4.78 is 46.6. The van der Waals surface area contributed by atoms with Crippen LogP contribution < -0.4 is 10.0 Å². The van der Waals surface area contributed by atoms with Crippen LogP contribution in [0.1, 0.15) is 27.9 Å². The molecular formula is C19H21FN2O4S. The van der Waals surface area contributed by atoms with E-state index in [1.165, 1.54) is 30.3 Å². The number of anilines is 1. The van der Waals surface area contributed by atoms with Crippen LogP contribution in [-0.2, 0) is 14.8 Å². The standard InChI is InChI=1S/C19H21FN2O4S/c1-12-10-14(6-7-17(12)20)21-19(23)16-4-3-5-18(13(16)2)27(24,25)22-15-8-9-26-11-15/h3-7,10,15,22H,8-9,11H2,1-2H3,(H,21,23)/t15-/m0/s1. The summed E-state index contributed by atoms with van der Waals surface area (Å²) in [5.41, 5.74) is 1.43. The Balaban J connectivity index is 1.85. The van der Waals surface area contributed by atoms with Gasteiger partial charge in [0.05, 0.1) is 11.5 Å². The highest BCUT2D eigenvalue weighted by Gasteiger charge is 2.26. The van der Waals surface area contributed by atoms with Gasteiger partial charge in [-0.3, -0.25) is 4.79 Å². The second-order valence-corrected chi connectivity index (χ2v) is 8.21. The predicted octanol–water partition coefficient (Wildman–Crippen LogP) is 2.76. The highest BCUT2D eigenvalue weighted by atomic mass is 32.2. The van der Waals surface area contributed by atoms with E-state index in [2.05, 4.69) is 10.0 Å². The van der Waals surface area contributed by atoms with Gasteiger partial charge in [-0.25, -0.2) is 17.5 Å². The van der Waals surface area contributed by atoms with Gasteiger partial charge in [-0.1, -0.05) is 6.07 Å². The maximum atomic E-state index is 13.4. The lowest BCUT2D eigenvalue weighted by atomic mass is 10.1. The minimum Gasteiger partial charge on any atom is -0.380 e. The SMILES string of the molecule is Cc1cc(NC(=O)c2cccc(S(=O)(=O)N[C@H]3CCOC3)c2C)ccc1F. The van der Waals surface area contributed by atoms with Crippen LogP contribution in [0.15, 0.2) is 41.3 Å². The average Bonchev–Trinajstić information content (AvgIpc) is 3.10. The zero-order valence-corrected chi connectivity index (χ0v) is 15.9. The number of hydrogen-bond donors (Lipinski definition) is 2. The molecular weight excluding hydrogens is 371 g/mol. The van der Waals surface area contributed by atoms with E-state index < -0.39 is 15.9 Å². The van der Waals surface area contributed by atoms with E-state index >= 15 is 0 Å². The summed E-state index contributed by atoms with van der Waals surface area (Å²) in [5, 5.41) is 2.68. The maximum Gasteiger partial charge on any atom is 0.255 e. The van der Waals surface area contributed by atoms with Crippen molar-refractivity contribution in [3.63, 3.8) is 0 Å². The smallest absolute Gasteiger partial charge is 0.255 e. The van der Waals surface area contributed by atoms with Crippen LogP contribution in [-0.4, -0.2) is 33.6 Å². The number of rotatable bonds is 5. The third kappa shape index (κ3) is 4.35. The van der Waals surface area contributed by atoms with Crippen LogP contribution in [0.2, 0.25) is 0 Å². The fourth-order valence-electron chi connectivity index (χ4n) is 2.98. The number of halogens is 1.